The van der Waals surface area contributed by atoms with Crippen molar-refractivity contribution in [2.45, 2.75) is 49.2 Å². The van der Waals surface area contributed by atoms with Crippen LogP contribution in [0.5, 0.6) is 0 Å². The van der Waals surface area contributed by atoms with Gasteiger partial charge >= 0.3 is 0 Å². The Labute approximate surface area is 137 Å². The molecule has 1 spiro atoms. The van der Waals surface area contributed by atoms with Gasteiger partial charge in [0.25, 0.3) is 0 Å². The fourth-order valence-corrected chi connectivity index (χ4v) is 5.55. The molecule has 0 bridgehead atoms. The molecule has 1 unspecified atom stereocenters. The number of likely N-dealkylation sites (tertiary alicyclic amines) is 1. The Kier molecular flexibility index (Phi) is 5.76. The first-order valence-corrected chi connectivity index (χ1v) is 10.5. The van der Waals surface area contributed by atoms with Crippen molar-refractivity contribution >= 4 is 32.6 Å². The quantitative estimate of drug-likeness (QED) is 0.525. The van der Waals surface area contributed by atoms with Crippen molar-refractivity contribution in [1.82, 2.24) is 9.21 Å². The van der Waals surface area contributed by atoms with Crippen LogP contribution < -0.4 is 0 Å². The molecule has 2 aliphatic rings. The third-order valence-electron chi connectivity index (χ3n) is 5.01. The van der Waals surface area contributed by atoms with Gasteiger partial charge in [-0.15, -0.1) is 0 Å². The van der Waals surface area contributed by atoms with E-state index in [-0.39, 0.29) is 3.26 Å². The van der Waals surface area contributed by atoms with E-state index in [1.807, 2.05) is 22.6 Å². The predicted octanol–water partition coefficient (Wildman–Crippen LogP) is 2.69. The largest absolute Gasteiger partial charge is 0.303 e. The van der Waals surface area contributed by atoms with Crippen LogP contribution in [0.2, 0.25) is 0 Å². The molecule has 0 amide bonds. The number of piperidine rings is 2. The van der Waals surface area contributed by atoms with E-state index < -0.39 is 10.0 Å². The van der Waals surface area contributed by atoms with Crippen molar-refractivity contribution in [3.8, 4) is 0 Å². The molecule has 0 aromatic carbocycles. The predicted molar refractivity (Wildman–Crippen MR) is 91.6 cm³/mol. The lowest BCUT2D eigenvalue weighted by Gasteiger charge is -2.46. The van der Waals surface area contributed by atoms with E-state index in [2.05, 4.69) is 11.8 Å². The van der Waals surface area contributed by atoms with Crippen LogP contribution in [0.4, 0.5) is 0 Å². The van der Waals surface area contributed by atoms with Crippen LogP contribution in [0, 0.1) is 5.41 Å². The van der Waals surface area contributed by atoms with Crippen LogP contribution in [-0.4, -0.2) is 53.6 Å². The van der Waals surface area contributed by atoms with Crippen molar-refractivity contribution in [2.75, 3.05) is 32.7 Å². The van der Waals surface area contributed by atoms with Gasteiger partial charge in [0.1, 0.15) is 3.26 Å². The molecular formula is C14H27IN2O2S. The molecule has 0 aromatic rings. The van der Waals surface area contributed by atoms with E-state index in [0.29, 0.717) is 5.41 Å². The fraction of sp³-hybridized carbons (Fsp3) is 1.00. The maximum atomic E-state index is 12.2. The zero-order chi connectivity index (χ0) is 14.8. The van der Waals surface area contributed by atoms with E-state index in [0.717, 1.165) is 25.9 Å². The number of hydrogen-bond donors (Lipinski definition) is 0. The summed E-state index contributed by atoms with van der Waals surface area (Å²) in [7, 11) is -3.07. The Balaban J connectivity index is 1.89. The molecule has 0 aromatic heterocycles. The second-order valence-corrected chi connectivity index (χ2v) is 11.3. The molecule has 2 aliphatic heterocycles. The van der Waals surface area contributed by atoms with Crippen molar-refractivity contribution < 1.29 is 8.42 Å². The van der Waals surface area contributed by atoms with Crippen LogP contribution in [0.3, 0.4) is 0 Å². The number of halogens is 1. The summed E-state index contributed by atoms with van der Waals surface area (Å²) in [6.45, 7) is 9.06. The van der Waals surface area contributed by atoms with E-state index in [1.165, 1.54) is 38.9 Å². The second-order valence-electron chi connectivity index (χ2n) is 6.33. The van der Waals surface area contributed by atoms with Gasteiger partial charge in [0.15, 0.2) is 0 Å². The molecule has 6 heteroatoms. The van der Waals surface area contributed by atoms with Crippen molar-refractivity contribution in [1.29, 1.82) is 0 Å². The summed E-state index contributed by atoms with van der Waals surface area (Å²) in [4.78, 5) is 2.56. The highest BCUT2D eigenvalue weighted by atomic mass is 127. The summed E-state index contributed by atoms with van der Waals surface area (Å²) in [6, 6.07) is 0. The Morgan fingerprint density at radius 1 is 1.10 bits per heavy atom. The third-order valence-corrected chi connectivity index (χ3v) is 8.84. The lowest BCUT2D eigenvalue weighted by Crippen LogP contribution is -2.49. The highest BCUT2D eigenvalue weighted by Crippen LogP contribution is 2.42. The Hall–Kier alpha value is 0.600. The summed E-state index contributed by atoms with van der Waals surface area (Å²) >= 11 is 2.01. The molecule has 1 atom stereocenters. The summed E-state index contributed by atoms with van der Waals surface area (Å²) in [5, 5.41) is 0. The highest BCUT2D eigenvalue weighted by molar-refractivity contribution is 14.1. The fourth-order valence-electron chi connectivity index (χ4n) is 3.49. The van der Waals surface area contributed by atoms with Crippen LogP contribution in [0.1, 0.15) is 46.0 Å². The average Bonchev–Trinajstić information content (AvgIpc) is 2.42. The number of hydrogen-bond acceptors (Lipinski definition) is 3. The smallest absolute Gasteiger partial charge is 0.225 e. The molecule has 2 rings (SSSR count). The molecule has 0 aliphatic carbocycles. The maximum absolute atomic E-state index is 12.2. The molecule has 2 fully saturated rings. The Morgan fingerprint density at radius 3 is 2.05 bits per heavy atom. The lowest BCUT2D eigenvalue weighted by molar-refractivity contribution is 0.0563. The number of rotatable bonds is 4. The van der Waals surface area contributed by atoms with E-state index in [1.54, 1.807) is 11.2 Å². The highest BCUT2D eigenvalue weighted by Gasteiger charge is 2.40. The van der Waals surface area contributed by atoms with Gasteiger partial charge < -0.3 is 4.90 Å². The molecule has 0 radical (unpaired) electrons. The number of nitrogens with zero attached hydrogens (tertiary/aromatic N) is 2. The van der Waals surface area contributed by atoms with Gasteiger partial charge in [-0.05, 0) is 64.1 Å². The minimum Gasteiger partial charge on any atom is -0.303 e. The van der Waals surface area contributed by atoms with Crippen LogP contribution in [-0.2, 0) is 10.0 Å². The van der Waals surface area contributed by atoms with Gasteiger partial charge in [-0.25, -0.2) is 12.7 Å². The summed E-state index contributed by atoms with van der Waals surface area (Å²) < 4.78 is 25.8. The molecule has 0 saturated carbocycles. The number of sulfonamides is 1. The minimum atomic E-state index is -3.07. The molecule has 2 heterocycles. The lowest BCUT2D eigenvalue weighted by atomic mass is 9.71. The average molecular weight is 414 g/mol. The van der Waals surface area contributed by atoms with Gasteiger partial charge in [0, 0.05) is 13.1 Å². The van der Waals surface area contributed by atoms with Gasteiger partial charge in [-0.2, -0.15) is 0 Å². The zero-order valence-corrected chi connectivity index (χ0v) is 15.6. The first kappa shape index (κ1) is 17.0. The maximum Gasteiger partial charge on any atom is 0.225 e. The van der Waals surface area contributed by atoms with E-state index >= 15 is 0 Å². The molecular weight excluding hydrogens is 387 g/mol. The molecule has 118 valence electrons. The minimum absolute atomic E-state index is 0.319. The first-order chi connectivity index (χ1) is 9.39. The second kappa shape index (κ2) is 6.79. The molecule has 0 N–H and O–H groups in total. The summed E-state index contributed by atoms with van der Waals surface area (Å²) in [5.41, 5.74) is 0.421. The monoisotopic (exact) mass is 414 g/mol. The van der Waals surface area contributed by atoms with Gasteiger partial charge in [0.2, 0.25) is 10.0 Å². The van der Waals surface area contributed by atoms with E-state index in [9.17, 15) is 8.42 Å². The van der Waals surface area contributed by atoms with Gasteiger partial charge in [-0.3, -0.25) is 0 Å². The normalized spacial score (nSPS) is 26.8. The van der Waals surface area contributed by atoms with Crippen molar-refractivity contribution in [3.05, 3.63) is 0 Å². The van der Waals surface area contributed by atoms with Crippen LogP contribution >= 0.6 is 22.6 Å². The molecule has 20 heavy (non-hydrogen) atoms. The Bertz CT molecular complexity index is 407. The number of alkyl halides is 1. The van der Waals surface area contributed by atoms with Gasteiger partial charge in [0.05, 0.1) is 0 Å². The SMILES string of the molecule is CCCN1CCC2(CC1)CCN(S(=O)(=O)C(C)I)CC2. The molecule has 2 saturated heterocycles. The van der Waals surface area contributed by atoms with Crippen molar-refractivity contribution in [3.63, 3.8) is 0 Å². The van der Waals surface area contributed by atoms with Crippen molar-refractivity contribution in [2.24, 2.45) is 5.41 Å². The zero-order valence-electron chi connectivity index (χ0n) is 12.6. The summed E-state index contributed by atoms with van der Waals surface area (Å²) in [5.74, 6) is 0. The van der Waals surface area contributed by atoms with Crippen LogP contribution in [0.15, 0.2) is 0 Å². The third kappa shape index (κ3) is 3.67. The first-order valence-electron chi connectivity index (χ1n) is 7.75. The Morgan fingerprint density at radius 2 is 1.60 bits per heavy atom. The standard InChI is InChI=1S/C14H27IN2O2S/c1-3-8-16-9-4-14(5-10-16)6-11-17(12-7-14)20(18,19)13(2)15/h13H,3-12H2,1-2H3. The molecule has 4 nitrogen and oxygen atoms in total. The topological polar surface area (TPSA) is 40.6 Å². The van der Waals surface area contributed by atoms with E-state index in [4.69, 9.17) is 0 Å². The van der Waals surface area contributed by atoms with Gasteiger partial charge in [-0.1, -0.05) is 29.5 Å². The summed E-state index contributed by atoms with van der Waals surface area (Å²) in [6.07, 6.45) is 5.83. The van der Waals surface area contributed by atoms with Crippen LogP contribution in [0.25, 0.3) is 0 Å².